The Bertz CT molecular complexity index is 1150. The zero-order valence-corrected chi connectivity index (χ0v) is 19.4. The molecule has 3 rings (SSSR count). The van der Waals surface area contributed by atoms with E-state index >= 15 is 0 Å². The summed E-state index contributed by atoms with van der Waals surface area (Å²) in [5, 5.41) is 11.2. The molecule has 0 fully saturated rings. The summed E-state index contributed by atoms with van der Waals surface area (Å²) < 4.78 is 1.76. The second kappa shape index (κ2) is 9.54. The number of carbonyl (C=O) groups is 2. The van der Waals surface area contributed by atoms with Crippen LogP contribution in [0.1, 0.15) is 35.9 Å². The van der Waals surface area contributed by atoms with Crippen molar-refractivity contribution in [3.8, 4) is 5.69 Å². The van der Waals surface area contributed by atoms with E-state index < -0.39 is 0 Å². The number of hydrogen-bond donors (Lipinski definition) is 2. The lowest BCUT2D eigenvalue weighted by Gasteiger charge is -2.12. The van der Waals surface area contributed by atoms with E-state index in [1.165, 1.54) is 0 Å². The van der Waals surface area contributed by atoms with Crippen molar-refractivity contribution in [1.82, 2.24) is 9.78 Å². The lowest BCUT2D eigenvalue weighted by molar-refractivity contribution is -0.116. The Balaban J connectivity index is 1.80. The highest BCUT2D eigenvalue weighted by Gasteiger charge is 2.17. The molecule has 0 spiro atoms. The molecule has 0 unspecified atom stereocenters. The van der Waals surface area contributed by atoms with E-state index in [9.17, 15) is 9.59 Å². The molecule has 162 valence electrons. The van der Waals surface area contributed by atoms with Crippen molar-refractivity contribution in [2.24, 2.45) is 0 Å². The molecule has 31 heavy (non-hydrogen) atoms. The molecule has 0 aliphatic heterocycles. The monoisotopic (exact) mass is 458 g/mol. The molecular weight excluding hydrogens is 435 g/mol. The van der Waals surface area contributed by atoms with E-state index in [4.69, 9.17) is 23.2 Å². The third-order valence-corrected chi connectivity index (χ3v) is 5.78. The van der Waals surface area contributed by atoms with Gasteiger partial charge in [0, 0.05) is 29.1 Å². The van der Waals surface area contributed by atoms with E-state index in [2.05, 4.69) is 15.7 Å². The number of hydrogen-bond acceptors (Lipinski definition) is 3. The number of aryl methyl sites for hydroxylation is 2. The topological polar surface area (TPSA) is 76.0 Å². The lowest BCUT2D eigenvalue weighted by atomic mass is 10.1. The van der Waals surface area contributed by atoms with Gasteiger partial charge in [-0.3, -0.25) is 9.59 Å². The molecule has 0 saturated carbocycles. The third kappa shape index (κ3) is 5.27. The van der Waals surface area contributed by atoms with E-state index in [-0.39, 0.29) is 18.2 Å². The number of benzene rings is 2. The molecular formula is C23H24Cl2N4O2. The van der Waals surface area contributed by atoms with Crippen LogP contribution < -0.4 is 10.6 Å². The maximum atomic E-state index is 12.8. The molecule has 0 radical (unpaired) electrons. The highest BCUT2D eigenvalue weighted by molar-refractivity contribution is 6.42. The van der Waals surface area contributed by atoms with Gasteiger partial charge in [-0.05, 0) is 56.7 Å². The van der Waals surface area contributed by atoms with Gasteiger partial charge in [0.25, 0.3) is 0 Å². The molecule has 6 nitrogen and oxygen atoms in total. The molecule has 2 aromatic carbocycles. The predicted molar refractivity (Wildman–Crippen MR) is 125 cm³/mol. The van der Waals surface area contributed by atoms with Gasteiger partial charge in [0.05, 0.1) is 27.8 Å². The summed E-state index contributed by atoms with van der Waals surface area (Å²) in [6, 6.07) is 10.7. The molecule has 0 bridgehead atoms. The number of amides is 2. The maximum Gasteiger partial charge on any atom is 0.228 e. The van der Waals surface area contributed by atoms with Crippen molar-refractivity contribution >= 4 is 46.4 Å². The van der Waals surface area contributed by atoms with Crippen LogP contribution >= 0.6 is 23.2 Å². The summed E-state index contributed by atoms with van der Waals surface area (Å²) in [6.45, 7) is 7.47. The first kappa shape index (κ1) is 22.8. The van der Waals surface area contributed by atoms with Crippen molar-refractivity contribution in [3.05, 3.63) is 69.0 Å². The summed E-state index contributed by atoms with van der Waals surface area (Å²) in [5.41, 5.74) is 5.45. The highest BCUT2D eigenvalue weighted by atomic mass is 35.5. The summed E-state index contributed by atoms with van der Waals surface area (Å²) in [6.07, 6.45) is 0.556. The fourth-order valence-electron chi connectivity index (χ4n) is 3.24. The minimum atomic E-state index is -0.165. The first-order valence-corrected chi connectivity index (χ1v) is 10.7. The summed E-state index contributed by atoms with van der Waals surface area (Å²) in [4.78, 5) is 24.5. The summed E-state index contributed by atoms with van der Waals surface area (Å²) >= 11 is 12.2. The number of nitrogens with one attached hydrogen (secondary N) is 2. The number of aromatic nitrogens is 2. The average molecular weight is 459 g/mol. The molecule has 2 N–H and O–H groups in total. The standard InChI is InChI=1S/C23H24Cl2N4O2/c1-5-22(30)26-16-7-6-13(2)21(10-16)27-23(31)12-18-14(3)28-29(15(18)4)17-8-9-19(24)20(25)11-17/h6-11H,5,12H2,1-4H3,(H,26,30)(H,27,31). The maximum absolute atomic E-state index is 12.8. The van der Waals surface area contributed by atoms with Crippen molar-refractivity contribution in [3.63, 3.8) is 0 Å². The van der Waals surface area contributed by atoms with E-state index in [0.717, 1.165) is 28.2 Å². The Morgan fingerprint density at radius 2 is 1.71 bits per heavy atom. The molecule has 1 aromatic heterocycles. The molecule has 3 aromatic rings. The van der Waals surface area contributed by atoms with Gasteiger partial charge in [-0.15, -0.1) is 0 Å². The second-order valence-corrected chi connectivity index (χ2v) is 8.13. The number of halogens is 2. The van der Waals surface area contributed by atoms with Crippen LogP contribution in [0.4, 0.5) is 11.4 Å². The van der Waals surface area contributed by atoms with E-state index in [0.29, 0.717) is 27.8 Å². The second-order valence-electron chi connectivity index (χ2n) is 7.32. The quantitative estimate of drug-likeness (QED) is 0.501. The van der Waals surface area contributed by atoms with Crippen LogP contribution in [0, 0.1) is 20.8 Å². The van der Waals surface area contributed by atoms with Crippen LogP contribution in [0.25, 0.3) is 5.69 Å². The van der Waals surface area contributed by atoms with Gasteiger partial charge in [0.1, 0.15) is 0 Å². The Kier molecular flexibility index (Phi) is 7.03. The van der Waals surface area contributed by atoms with Crippen LogP contribution in [-0.2, 0) is 16.0 Å². The molecule has 1 heterocycles. The number of carbonyl (C=O) groups excluding carboxylic acids is 2. The molecule has 0 aliphatic rings. The van der Waals surface area contributed by atoms with Gasteiger partial charge < -0.3 is 10.6 Å². The fourth-order valence-corrected chi connectivity index (χ4v) is 3.53. The average Bonchev–Trinajstić information content (AvgIpc) is 3.00. The van der Waals surface area contributed by atoms with Crippen LogP contribution in [0.3, 0.4) is 0 Å². The van der Waals surface area contributed by atoms with Gasteiger partial charge in [0.2, 0.25) is 11.8 Å². The molecule has 2 amide bonds. The van der Waals surface area contributed by atoms with Crippen LogP contribution in [-0.4, -0.2) is 21.6 Å². The van der Waals surface area contributed by atoms with Crippen LogP contribution in [0.5, 0.6) is 0 Å². The Hall–Kier alpha value is -2.83. The molecule has 0 saturated heterocycles. The van der Waals surface area contributed by atoms with Crippen molar-refractivity contribution in [2.75, 3.05) is 10.6 Å². The minimum absolute atomic E-state index is 0.0814. The lowest BCUT2D eigenvalue weighted by Crippen LogP contribution is -2.17. The van der Waals surface area contributed by atoms with Gasteiger partial charge in [-0.25, -0.2) is 4.68 Å². The number of anilines is 2. The molecule has 0 atom stereocenters. The summed E-state index contributed by atoms with van der Waals surface area (Å²) in [5.74, 6) is -0.246. The Labute approximate surface area is 191 Å². The van der Waals surface area contributed by atoms with Gasteiger partial charge >= 0.3 is 0 Å². The fraction of sp³-hybridized carbons (Fsp3) is 0.261. The Morgan fingerprint density at radius 3 is 2.39 bits per heavy atom. The predicted octanol–water partition coefficient (Wildman–Crippen LogP) is 5.63. The number of rotatable bonds is 6. The minimum Gasteiger partial charge on any atom is -0.326 e. The third-order valence-electron chi connectivity index (χ3n) is 5.04. The first-order valence-electron chi connectivity index (χ1n) is 9.90. The zero-order valence-electron chi connectivity index (χ0n) is 17.8. The van der Waals surface area contributed by atoms with E-state index in [1.807, 2.05) is 39.0 Å². The normalized spacial score (nSPS) is 10.8. The van der Waals surface area contributed by atoms with Crippen molar-refractivity contribution < 1.29 is 9.59 Å². The smallest absolute Gasteiger partial charge is 0.228 e. The van der Waals surface area contributed by atoms with Gasteiger partial charge in [-0.2, -0.15) is 5.10 Å². The van der Waals surface area contributed by atoms with Crippen molar-refractivity contribution in [2.45, 2.75) is 40.5 Å². The zero-order chi connectivity index (χ0) is 22.7. The SMILES string of the molecule is CCC(=O)Nc1ccc(C)c(NC(=O)Cc2c(C)nn(-c3ccc(Cl)c(Cl)c3)c2C)c1. The highest BCUT2D eigenvalue weighted by Crippen LogP contribution is 2.27. The largest absolute Gasteiger partial charge is 0.326 e. The van der Waals surface area contributed by atoms with Gasteiger partial charge in [-0.1, -0.05) is 36.2 Å². The van der Waals surface area contributed by atoms with Crippen LogP contribution in [0.15, 0.2) is 36.4 Å². The molecule has 8 heteroatoms. The first-order chi connectivity index (χ1) is 14.7. The number of nitrogens with zero attached hydrogens (tertiary/aromatic N) is 2. The summed E-state index contributed by atoms with van der Waals surface area (Å²) in [7, 11) is 0. The van der Waals surface area contributed by atoms with E-state index in [1.54, 1.807) is 29.8 Å². The van der Waals surface area contributed by atoms with Crippen LogP contribution in [0.2, 0.25) is 10.0 Å². The Morgan fingerprint density at radius 1 is 0.968 bits per heavy atom. The van der Waals surface area contributed by atoms with Crippen molar-refractivity contribution in [1.29, 1.82) is 0 Å². The van der Waals surface area contributed by atoms with Gasteiger partial charge in [0.15, 0.2) is 0 Å². The molecule has 0 aliphatic carbocycles.